The van der Waals surface area contributed by atoms with Gasteiger partial charge in [0.15, 0.2) is 11.5 Å². The van der Waals surface area contributed by atoms with E-state index in [2.05, 4.69) is 5.32 Å². The lowest BCUT2D eigenvalue weighted by Gasteiger charge is -2.25. The molecule has 1 aromatic carbocycles. The second-order valence-corrected chi connectivity index (χ2v) is 5.63. The van der Waals surface area contributed by atoms with Crippen molar-refractivity contribution < 1.29 is 15.0 Å². The monoisotopic (exact) mass is 283 g/mol. The van der Waals surface area contributed by atoms with Crippen molar-refractivity contribution in [1.82, 2.24) is 5.32 Å². The molecule has 104 valence electrons. The van der Waals surface area contributed by atoms with Crippen molar-refractivity contribution >= 4 is 17.5 Å². The highest BCUT2D eigenvalue weighted by atomic mass is 35.5. The quantitative estimate of drug-likeness (QED) is 0.590. The molecule has 0 heterocycles. The lowest BCUT2D eigenvalue weighted by molar-refractivity contribution is 0.0940. The van der Waals surface area contributed by atoms with Crippen molar-refractivity contribution in [3.8, 4) is 11.5 Å². The highest BCUT2D eigenvalue weighted by Crippen LogP contribution is 2.29. The maximum Gasteiger partial charge on any atom is 0.255 e. The zero-order valence-electron chi connectivity index (χ0n) is 10.6. The van der Waals surface area contributed by atoms with Gasteiger partial charge in [-0.1, -0.05) is 12.5 Å². The fourth-order valence-corrected chi connectivity index (χ4v) is 2.86. The average Bonchev–Trinajstić information content (AvgIpc) is 2.39. The molecular weight excluding hydrogens is 266 g/mol. The number of halogens is 1. The Balaban J connectivity index is 1.92. The summed E-state index contributed by atoms with van der Waals surface area (Å²) in [5, 5.41) is 22.0. The van der Waals surface area contributed by atoms with Gasteiger partial charge in [0.1, 0.15) is 0 Å². The second-order valence-electron chi connectivity index (χ2n) is 5.01. The van der Waals surface area contributed by atoms with Gasteiger partial charge in [-0.25, -0.2) is 0 Å². The maximum absolute atomic E-state index is 11.9. The van der Waals surface area contributed by atoms with Crippen LogP contribution in [-0.4, -0.2) is 28.0 Å². The molecule has 2 atom stereocenters. The summed E-state index contributed by atoms with van der Waals surface area (Å²) in [6.07, 6.45) is 4.11. The summed E-state index contributed by atoms with van der Waals surface area (Å²) in [4.78, 5) is 11.9. The number of phenolic OH excluding ortho intramolecular Hbond substituents is 2. The van der Waals surface area contributed by atoms with Crippen molar-refractivity contribution in [3.63, 3.8) is 0 Å². The van der Waals surface area contributed by atoms with E-state index in [1.54, 1.807) is 0 Å². The molecule has 2 rings (SSSR count). The van der Waals surface area contributed by atoms with Crippen LogP contribution < -0.4 is 5.32 Å². The van der Waals surface area contributed by atoms with Crippen LogP contribution in [0.25, 0.3) is 0 Å². The Bertz CT molecular complexity index is 464. The number of hydrogen-bond acceptors (Lipinski definition) is 3. The Morgan fingerprint density at radius 3 is 2.89 bits per heavy atom. The SMILES string of the molecule is O=C(NCC1CCCC(Cl)C1)c1cccc(O)c1O. The number of benzene rings is 1. The highest BCUT2D eigenvalue weighted by molar-refractivity contribution is 6.20. The van der Waals surface area contributed by atoms with E-state index in [1.165, 1.54) is 18.2 Å². The molecule has 0 saturated heterocycles. The first-order valence-corrected chi connectivity index (χ1v) is 6.94. The molecule has 1 amide bonds. The summed E-state index contributed by atoms with van der Waals surface area (Å²) < 4.78 is 0. The smallest absolute Gasteiger partial charge is 0.255 e. The molecule has 1 aromatic rings. The van der Waals surface area contributed by atoms with Gasteiger partial charge in [0, 0.05) is 11.9 Å². The normalized spacial score (nSPS) is 23.0. The minimum atomic E-state index is -0.376. The molecule has 1 saturated carbocycles. The number of alkyl halides is 1. The highest BCUT2D eigenvalue weighted by Gasteiger charge is 2.21. The van der Waals surface area contributed by atoms with Gasteiger partial charge >= 0.3 is 0 Å². The van der Waals surface area contributed by atoms with Crippen molar-refractivity contribution in [2.45, 2.75) is 31.1 Å². The molecule has 0 aliphatic heterocycles. The lowest BCUT2D eigenvalue weighted by Crippen LogP contribution is -2.32. The third-order valence-corrected chi connectivity index (χ3v) is 3.93. The first kappa shape index (κ1) is 14.0. The number of aromatic hydroxyl groups is 2. The standard InChI is InChI=1S/C14H18ClNO3/c15-10-4-1-3-9(7-10)8-16-14(19)11-5-2-6-12(17)13(11)18/h2,5-6,9-10,17-18H,1,3-4,7-8H2,(H,16,19). The summed E-state index contributed by atoms with van der Waals surface area (Å²) in [7, 11) is 0. The van der Waals surface area contributed by atoms with Crippen LogP contribution in [0, 0.1) is 5.92 Å². The Hall–Kier alpha value is -1.42. The van der Waals surface area contributed by atoms with Gasteiger partial charge in [-0.15, -0.1) is 11.6 Å². The van der Waals surface area contributed by atoms with E-state index < -0.39 is 0 Å². The number of hydrogen-bond donors (Lipinski definition) is 3. The van der Waals surface area contributed by atoms with Crippen LogP contribution in [0.1, 0.15) is 36.0 Å². The van der Waals surface area contributed by atoms with Crippen LogP contribution in [0.2, 0.25) is 0 Å². The van der Waals surface area contributed by atoms with Crippen LogP contribution in [0.4, 0.5) is 0 Å². The van der Waals surface area contributed by atoms with Gasteiger partial charge < -0.3 is 15.5 Å². The van der Waals surface area contributed by atoms with E-state index in [0.29, 0.717) is 12.5 Å². The van der Waals surface area contributed by atoms with Crippen LogP contribution in [0.15, 0.2) is 18.2 Å². The molecule has 1 aliphatic rings. The number of amides is 1. The number of para-hydroxylation sites is 1. The molecule has 0 aromatic heterocycles. The average molecular weight is 284 g/mol. The van der Waals surface area contributed by atoms with Gasteiger partial charge in [0.05, 0.1) is 5.56 Å². The zero-order chi connectivity index (χ0) is 13.8. The van der Waals surface area contributed by atoms with Gasteiger partial charge in [-0.05, 0) is 37.3 Å². The topological polar surface area (TPSA) is 69.6 Å². The molecule has 1 fully saturated rings. The molecule has 19 heavy (non-hydrogen) atoms. The molecule has 4 nitrogen and oxygen atoms in total. The summed E-state index contributed by atoms with van der Waals surface area (Å²) in [6, 6.07) is 4.35. The Labute approximate surface area is 117 Å². The van der Waals surface area contributed by atoms with Crippen LogP contribution in [-0.2, 0) is 0 Å². The largest absolute Gasteiger partial charge is 0.504 e. The third kappa shape index (κ3) is 3.53. The second kappa shape index (κ2) is 6.15. The minimum absolute atomic E-state index is 0.0956. The number of nitrogens with one attached hydrogen (secondary N) is 1. The van der Waals surface area contributed by atoms with Crippen LogP contribution >= 0.6 is 11.6 Å². The molecule has 0 bridgehead atoms. The Kier molecular flexibility index (Phi) is 4.53. The third-order valence-electron chi connectivity index (χ3n) is 3.53. The molecule has 3 N–H and O–H groups in total. The summed E-state index contributed by atoms with van der Waals surface area (Å²) >= 11 is 6.10. The van der Waals surface area contributed by atoms with Crippen LogP contribution in [0.3, 0.4) is 0 Å². The fraction of sp³-hybridized carbons (Fsp3) is 0.500. The van der Waals surface area contributed by atoms with Gasteiger partial charge in [-0.2, -0.15) is 0 Å². The molecule has 0 radical (unpaired) electrons. The fourth-order valence-electron chi connectivity index (χ4n) is 2.46. The van der Waals surface area contributed by atoms with Gasteiger partial charge in [0.2, 0.25) is 0 Å². The van der Waals surface area contributed by atoms with E-state index in [1.807, 2.05) is 0 Å². The van der Waals surface area contributed by atoms with Gasteiger partial charge in [0.25, 0.3) is 5.91 Å². The Morgan fingerprint density at radius 1 is 1.37 bits per heavy atom. The van der Waals surface area contributed by atoms with Crippen molar-refractivity contribution in [1.29, 1.82) is 0 Å². The van der Waals surface area contributed by atoms with Crippen molar-refractivity contribution in [2.75, 3.05) is 6.54 Å². The molecule has 0 spiro atoms. The van der Waals surface area contributed by atoms with E-state index in [4.69, 9.17) is 11.6 Å². The van der Waals surface area contributed by atoms with E-state index in [9.17, 15) is 15.0 Å². The zero-order valence-corrected chi connectivity index (χ0v) is 11.4. The van der Waals surface area contributed by atoms with E-state index in [0.717, 1.165) is 25.7 Å². The number of carbonyl (C=O) groups is 1. The summed E-state index contributed by atoms with van der Waals surface area (Å²) in [6.45, 7) is 0.553. The van der Waals surface area contributed by atoms with E-state index in [-0.39, 0.29) is 28.3 Å². The number of phenols is 2. The first-order chi connectivity index (χ1) is 9.08. The van der Waals surface area contributed by atoms with E-state index >= 15 is 0 Å². The number of rotatable bonds is 3. The van der Waals surface area contributed by atoms with Crippen molar-refractivity contribution in [3.05, 3.63) is 23.8 Å². The lowest BCUT2D eigenvalue weighted by atomic mass is 9.89. The molecule has 5 heteroatoms. The molecular formula is C14H18ClNO3. The maximum atomic E-state index is 11.9. The molecule has 1 aliphatic carbocycles. The predicted molar refractivity (Wildman–Crippen MR) is 73.7 cm³/mol. The molecule has 2 unspecified atom stereocenters. The Morgan fingerprint density at radius 2 is 2.16 bits per heavy atom. The number of carbonyl (C=O) groups excluding carboxylic acids is 1. The van der Waals surface area contributed by atoms with Crippen molar-refractivity contribution in [2.24, 2.45) is 5.92 Å². The summed E-state index contributed by atoms with van der Waals surface area (Å²) in [5.41, 5.74) is 0.0956. The van der Waals surface area contributed by atoms with Crippen LogP contribution in [0.5, 0.6) is 11.5 Å². The first-order valence-electron chi connectivity index (χ1n) is 6.51. The minimum Gasteiger partial charge on any atom is -0.504 e. The van der Waals surface area contributed by atoms with Gasteiger partial charge in [-0.3, -0.25) is 4.79 Å². The predicted octanol–water partition coefficient (Wildman–Crippen LogP) is 2.63. The summed E-state index contributed by atoms with van der Waals surface area (Å²) in [5.74, 6) is -0.644.